The fourth-order valence-electron chi connectivity index (χ4n) is 1.73. The highest BCUT2D eigenvalue weighted by Gasteiger charge is 2.32. The zero-order valence-electron chi connectivity index (χ0n) is 8.82. The number of halogens is 3. The van der Waals surface area contributed by atoms with Crippen LogP contribution in [0.25, 0.3) is 10.8 Å². The minimum Gasteiger partial charge on any atom is -0.507 e. The van der Waals surface area contributed by atoms with Crippen molar-refractivity contribution in [1.29, 1.82) is 0 Å². The summed E-state index contributed by atoms with van der Waals surface area (Å²) < 4.78 is 38.2. The van der Waals surface area contributed by atoms with Gasteiger partial charge in [0.05, 0.1) is 5.56 Å². The highest BCUT2D eigenvalue weighted by atomic mass is 19.4. The first kappa shape index (κ1) is 12.2. The van der Waals surface area contributed by atoms with Crippen LogP contribution in [0.2, 0.25) is 0 Å². The van der Waals surface area contributed by atoms with E-state index in [-0.39, 0.29) is 10.8 Å². The quantitative estimate of drug-likeness (QED) is 0.823. The number of phenols is 1. The number of fused-ring (bicyclic) bond motifs is 1. The predicted octanol–water partition coefficient (Wildman–Crippen LogP) is 3.26. The average molecular weight is 256 g/mol. The van der Waals surface area contributed by atoms with E-state index in [2.05, 4.69) is 0 Å². The Morgan fingerprint density at radius 3 is 2.39 bits per heavy atom. The molecule has 2 aromatic carbocycles. The number of carboxylic acids is 1. The fraction of sp³-hybridized carbons (Fsp3) is 0.0833. The number of rotatable bonds is 1. The molecule has 0 aliphatic rings. The summed E-state index contributed by atoms with van der Waals surface area (Å²) in [5, 5.41) is 18.1. The second kappa shape index (κ2) is 3.90. The lowest BCUT2D eigenvalue weighted by Gasteiger charge is -2.11. The summed E-state index contributed by atoms with van der Waals surface area (Å²) in [6.07, 6.45) is -4.58. The molecule has 0 saturated heterocycles. The van der Waals surface area contributed by atoms with Gasteiger partial charge in [0.1, 0.15) is 11.3 Å². The maximum absolute atomic E-state index is 12.7. The van der Waals surface area contributed by atoms with Crippen molar-refractivity contribution in [2.75, 3.05) is 0 Å². The van der Waals surface area contributed by atoms with Crippen LogP contribution >= 0.6 is 0 Å². The van der Waals surface area contributed by atoms with Crippen LogP contribution in [-0.2, 0) is 6.18 Å². The van der Waals surface area contributed by atoms with Crippen LogP contribution in [0.5, 0.6) is 5.75 Å². The SMILES string of the molecule is O=C(O)c1cc2c(C(F)(F)F)cccc2cc1O. The van der Waals surface area contributed by atoms with Gasteiger partial charge in [0.15, 0.2) is 0 Å². The summed E-state index contributed by atoms with van der Waals surface area (Å²) in [5.41, 5.74) is -1.48. The molecule has 0 atom stereocenters. The zero-order chi connectivity index (χ0) is 13.5. The monoisotopic (exact) mass is 256 g/mol. The molecule has 6 heteroatoms. The summed E-state index contributed by atoms with van der Waals surface area (Å²) in [5.74, 6) is -2.04. The second-order valence-corrected chi connectivity index (χ2v) is 3.70. The van der Waals surface area contributed by atoms with Gasteiger partial charge in [-0.1, -0.05) is 12.1 Å². The van der Waals surface area contributed by atoms with Gasteiger partial charge in [0.2, 0.25) is 0 Å². The molecule has 0 radical (unpaired) electrons. The Labute approximate surface area is 99.1 Å². The van der Waals surface area contributed by atoms with Gasteiger partial charge in [-0.25, -0.2) is 4.79 Å². The van der Waals surface area contributed by atoms with E-state index in [9.17, 15) is 23.1 Å². The first-order valence-corrected chi connectivity index (χ1v) is 4.87. The lowest BCUT2D eigenvalue weighted by molar-refractivity contribution is -0.136. The van der Waals surface area contributed by atoms with Crippen molar-refractivity contribution in [2.45, 2.75) is 6.18 Å². The second-order valence-electron chi connectivity index (χ2n) is 3.70. The van der Waals surface area contributed by atoms with Gasteiger partial charge in [-0.3, -0.25) is 0 Å². The molecule has 3 nitrogen and oxygen atoms in total. The van der Waals surface area contributed by atoms with Crippen LogP contribution in [0, 0.1) is 0 Å². The molecule has 0 aliphatic heterocycles. The lowest BCUT2D eigenvalue weighted by atomic mass is 10.0. The average Bonchev–Trinajstić information content (AvgIpc) is 2.25. The first-order chi connectivity index (χ1) is 8.30. The number of benzene rings is 2. The van der Waals surface area contributed by atoms with Crippen molar-refractivity contribution >= 4 is 16.7 Å². The minimum atomic E-state index is -4.58. The van der Waals surface area contributed by atoms with E-state index in [0.717, 1.165) is 18.2 Å². The Morgan fingerprint density at radius 2 is 1.83 bits per heavy atom. The molecule has 0 aliphatic carbocycles. The number of aromatic carboxylic acids is 1. The van der Waals surface area contributed by atoms with Gasteiger partial charge in [0, 0.05) is 0 Å². The highest BCUT2D eigenvalue weighted by molar-refractivity contribution is 5.98. The zero-order valence-corrected chi connectivity index (χ0v) is 8.82. The number of hydrogen-bond donors (Lipinski definition) is 2. The van der Waals surface area contributed by atoms with Gasteiger partial charge in [-0.05, 0) is 29.0 Å². The van der Waals surface area contributed by atoms with Crippen molar-refractivity contribution in [3.8, 4) is 5.75 Å². The summed E-state index contributed by atoms with van der Waals surface area (Å²) in [6.45, 7) is 0. The highest BCUT2D eigenvalue weighted by Crippen LogP contribution is 2.36. The predicted molar refractivity (Wildman–Crippen MR) is 57.6 cm³/mol. The van der Waals surface area contributed by atoms with Gasteiger partial charge in [0.25, 0.3) is 0 Å². The molecule has 0 amide bonds. The van der Waals surface area contributed by atoms with E-state index in [1.165, 1.54) is 12.1 Å². The summed E-state index contributed by atoms with van der Waals surface area (Å²) in [7, 11) is 0. The van der Waals surface area contributed by atoms with E-state index in [1.807, 2.05) is 0 Å². The largest absolute Gasteiger partial charge is 0.507 e. The molecular weight excluding hydrogens is 249 g/mol. The van der Waals surface area contributed by atoms with E-state index in [4.69, 9.17) is 5.11 Å². The third-order valence-corrected chi connectivity index (χ3v) is 2.53. The molecule has 0 fully saturated rings. The van der Waals surface area contributed by atoms with E-state index >= 15 is 0 Å². The van der Waals surface area contributed by atoms with Gasteiger partial charge < -0.3 is 10.2 Å². The molecule has 0 heterocycles. The van der Waals surface area contributed by atoms with Crippen LogP contribution in [0.4, 0.5) is 13.2 Å². The molecule has 0 spiro atoms. The van der Waals surface area contributed by atoms with Gasteiger partial charge >= 0.3 is 12.1 Å². The maximum atomic E-state index is 12.7. The number of aromatic hydroxyl groups is 1. The van der Waals surface area contributed by atoms with Crippen molar-refractivity contribution in [3.63, 3.8) is 0 Å². The third-order valence-electron chi connectivity index (χ3n) is 2.53. The van der Waals surface area contributed by atoms with Gasteiger partial charge in [-0.2, -0.15) is 13.2 Å². The fourth-order valence-corrected chi connectivity index (χ4v) is 1.73. The van der Waals surface area contributed by atoms with Crippen molar-refractivity contribution in [3.05, 3.63) is 41.5 Å². The van der Waals surface area contributed by atoms with Crippen molar-refractivity contribution in [1.82, 2.24) is 0 Å². The lowest BCUT2D eigenvalue weighted by Crippen LogP contribution is -2.06. The number of hydrogen-bond acceptors (Lipinski definition) is 2. The maximum Gasteiger partial charge on any atom is 0.417 e. The Hall–Kier alpha value is -2.24. The normalized spacial score (nSPS) is 11.7. The van der Waals surface area contributed by atoms with Crippen molar-refractivity contribution < 1.29 is 28.2 Å². The van der Waals surface area contributed by atoms with E-state index in [0.29, 0.717) is 0 Å². The summed E-state index contributed by atoms with van der Waals surface area (Å²) >= 11 is 0. The Balaban J connectivity index is 2.84. The first-order valence-electron chi connectivity index (χ1n) is 4.87. The standard InChI is InChI=1S/C12H7F3O3/c13-12(14,15)9-3-1-2-6-4-10(16)8(11(17)18)5-7(6)9/h1-5,16H,(H,17,18). The summed E-state index contributed by atoms with van der Waals surface area (Å²) in [6, 6.07) is 5.27. The van der Waals surface area contributed by atoms with E-state index < -0.39 is 29.0 Å². The van der Waals surface area contributed by atoms with Crippen LogP contribution in [-0.4, -0.2) is 16.2 Å². The number of carboxylic acid groups (broad SMARTS) is 1. The number of alkyl halides is 3. The Kier molecular flexibility index (Phi) is 2.65. The van der Waals surface area contributed by atoms with Crippen LogP contribution in [0.1, 0.15) is 15.9 Å². The van der Waals surface area contributed by atoms with Crippen LogP contribution < -0.4 is 0 Å². The molecule has 2 rings (SSSR count). The number of carbonyl (C=O) groups is 1. The van der Waals surface area contributed by atoms with Gasteiger partial charge in [-0.15, -0.1) is 0 Å². The topological polar surface area (TPSA) is 57.5 Å². The molecule has 0 saturated carbocycles. The molecule has 0 aromatic heterocycles. The van der Waals surface area contributed by atoms with Crippen LogP contribution in [0.3, 0.4) is 0 Å². The molecule has 0 unspecified atom stereocenters. The Morgan fingerprint density at radius 1 is 1.17 bits per heavy atom. The smallest absolute Gasteiger partial charge is 0.417 e. The molecule has 2 N–H and O–H groups in total. The van der Waals surface area contributed by atoms with Crippen LogP contribution in [0.15, 0.2) is 30.3 Å². The minimum absolute atomic E-state index is 0.132. The molecule has 0 bridgehead atoms. The van der Waals surface area contributed by atoms with E-state index in [1.54, 1.807) is 0 Å². The molecule has 18 heavy (non-hydrogen) atoms. The third kappa shape index (κ3) is 1.97. The molecular formula is C12H7F3O3. The van der Waals surface area contributed by atoms with Crippen molar-refractivity contribution in [2.24, 2.45) is 0 Å². The summed E-state index contributed by atoms with van der Waals surface area (Å²) in [4.78, 5) is 10.8. The Bertz CT molecular complexity index is 632. The molecule has 2 aromatic rings. The molecule has 94 valence electrons.